The van der Waals surface area contributed by atoms with Gasteiger partial charge in [0.1, 0.15) is 0 Å². The topological polar surface area (TPSA) is 12.4 Å². The van der Waals surface area contributed by atoms with E-state index in [1.54, 1.807) is 0 Å². The zero-order valence-electron chi connectivity index (χ0n) is 8.99. The number of nitrogens with zero attached hydrogens (tertiary/aromatic N) is 1. The molecule has 1 unspecified atom stereocenters. The summed E-state index contributed by atoms with van der Waals surface area (Å²) in [6, 6.07) is 0. The third-order valence-electron chi connectivity index (χ3n) is 2.65. The van der Waals surface area contributed by atoms with Gasteiger partial charge in [-0.15, -0.1) is 12.6 Å². The van der Waals surface area contributed by atoms with Crippen LogP contribution in [0.3, 0.4) is 0 Å². The molecule has 1 aliphatic rings. The second-order valence-electron chi connectivity index (χ2n) is 4.34. The highest BCUT2D eigenvalue weighted by molar-refractivity contribution is 8.11. The molecule has 0 aromatic rings. The van der Waals surface area contributed by atoms with E-state index in [2.05, 4.69) is 31.5 Å². The highest BCUT2D eigenvalue weighted by Crippen LogP contribution is 2.25. The average Bonchev–Trinajstić information content (AvgIpc) is 2.51. The maximum atomic E-state index is 5.12. The molecule has 0 amide bonds. The fourth-order valence-corrected chi connectivity index (χ4v) is 2.28. The van der Waals surface area contributed by atoms with Gasteiger partial charge >= 0.3 is 0 Å². The minimum absolute atomic E-state index is 0.389. The molecule has 1 atom stereocenters. The first-order valence-electron chi connectivity index (χ1n) is 5.37. The molecule has 3 heteroatoms. The van der Waals surface area contributed by atoms with Crippen molar-refractivity contribution in [2.45, 2.75) is 39.5 Å². The van der Waals surface area contributed by atoms with Gasteiger partial charge in [0.25, 0.3) is 0 Å². The molecule has 1 aliphatic carbocycles. The van der Waals surface area contributed by atoms with Crippen LogP contribution in [0.15, 0.2) is 4.99 Å². The molecule has 0 bridgehead atoms. The predicted octanol–water partition coefficient (Wildman–Crippen LogP) is 3.53. The number of hydrogen-bond donors (Lipinski definition) is 1. The van der Waals surface area contributed by atoms with Crippen molar-refractivity contribution in [3.8, 4) is 0 Å². The normalized spacial score (nSPS) is 24.9. The summed E-state index contributed by atoms with van der Waals surface area (Å²) in [6.45, 7) is 5.42. The van der Waals surface area contributed by atoms with Crippen LogP contribution < -0.4 is 0 Å². The van der Waals surface area contributed by atoms with Crippen molar-refractivity contribution in [2.24, 2.45) is 16.8 Å². The molecule has 0 aromatic carbocycles. The van der Waals surface area contributed by atoms with Crippen LogP contribution in [0.25, 0.3) is 0 Å². The van der Waals surface area contributed by atoms with Crippen LogP contribution in [0.1, 0.15) is 39.5 Å². The van der Waals surface area contributed by atoms with E-state index >= 15 is 0 Å². The van der Waals surface area contributed by atoms with E-state index in [0.717, 1.165) is 29.5 Å². The first kappa shape index (κ1) is 12.2. The fourth-order valence-electron chi connectivity index (χ4n) is 1.75. The van der Waals surface area contributed by atoms with Crippen molar-refractivity contribution < 1.29 is 0 Å². The molecule has 1 rings (SSSR count). The van der Waals surface area contributed by atoms with Gasteiger partial charge in [-0.3, -0.25) is 4.99 Å². The van der Waals surface area contributed by atoms with E-state index in [0.29, 0.717) is 5.92 Å². The number of hydrogen-bond acceptors (Lipinski definition) is 2. The highest BCUT2D eigenvalue weighted by Gasteiger charge is 2.24. The van der Waals surface area contributed by atoms with Crippen LogP contribution in [-0.2, 0) is 0 Å². The van der Waals surface area contributed by atoms with E-state index in [4.69, 9.17) is 12.2 Å². The van der Waals surface area contributed by atoms with Gasteiger partial charge in [-0.25, -0.2) is 0 Å². The minimum Gasteiger partial charge on any atom is -0.293 e. The Hall–Kier alpha value is 0.110. The summed E-state index contributed by atoms with van der Waals surface area (Å²) in [4.78, 5) is 4.65. The van der Waals surface area contributed by atoms with Gasteiger partial charge in [-0.1, -0.05) is 26.1 Å². The Morgan fingerprint density at radius 3 is 2.93 bits per heavy atom. The SMILES string of the molecule is CC(C)CCN=C1CCCC1C(=S)S. The predicted molar refractivity (Wildman–Crippen MR) is 70.7 cm³/mol. The number of rotatable bonds is 4. The van der Waals surface area contributed by atoms with E-state index in [1.165, 1.54) is 18.6 Å². The van der Waals surface area contributed by atoms with Crippen LogP contribution in [0, 0.1) is 11.8 Å². The standard InChI is InChI=1S/C11H19NS2/c1-8(2)6-7-12-10-5-3-4-9(10)11(13)14/h8-9H,3-7H2,1-2H3,(H,13,14). The highest BCUT2D eigenvalue weighted by atomic mass is 32.1. The lowest BCUT2D eigenvalue weighted by atomic mass is 10.1. The van der Waals surface area contributed by atoms with Crippen molar-refractivity contribution in [1.29, 1.82) is 0 Å². The zero-order chi connectivity index (χ0) is 10.6. The molecule has 0 spiro atoms. The second-order valence-corrected chi connectivity index (χ2v) is 5.56. The van der Waals surface area contributed by atoms with Crippen LogP contribution in [0.5, 0.6) is 0 Å². The Labute approximate surface area is 97.8 Å². The van der Waals surface area contributed by atoms with Gasteiger partial charge in [0.2, 0.25) is 0 Å². The van der Waals surface area contributed by atoms with E-state index in [1.807, 2.05) is 0 Å². The molecule has 0 N–H and O–H groups in total. The Kier molecular flexibility index (Phi) is 5.10. The van der Waals surface area contributed by atoms with Gasteiger partial charge in [0.15, 0.2) is 0 Å². The van der Waals surface area contributed by atoms with Crippen LogP contribution in [0.2, 0.25) is 0 Å². The molecule has 1 nitrogen and oxygen atoms in total. The minimum atomic E-state index is 0.389. The summed E-state index contributed by atoms with van der Waals surface area (Å²) < 4.78 is 0.825. The molecule has 0 radical (unpaired) electrons. The van der Waals surface area contributed by atoms with Crippen molar-refractivity contribution in [1.82, 2.24) is 0 Å². The Bertz CT molecular complexity index is 233. The van der Waals surface area contributed by atoms with Crippen molar-refractivity contribution in [3.63, 3.8) is 0 Å². The van der Waals surface area contributed by atoms with Crippen molar-refractivity contribution in [3.05, 3.63) is 0 Å². The summed E-state index contributed by atoms with van der Waals surface area (Å²) >= 11 is 9.38. The summed E-state index contributed by atoms with van der Waals surface area (Å²) in [5.41, 5.74) is 1.30. The quantitative estimate of drug-likeness (QED) is 0.574. The monoisotopic (exact) mass is 229 g/mol. The maximum absolute atomic E-state index is 5.12. The van der Waals surface area contributed by atoms with Crippen LogP contribution in [-0.4, -0.2) is 16.5 Å². The van der Waals surface area contributed by atoms with E-state index in [-0.39, 0.29) is 0 Å². The first-order chi connectivity index (χ1) is 6.61. The summed E-state index contributed by atoms with van der Waals surface area (Å²) in [5, 5.41) is 0. The summed E-state index contributed by atoms with van der Waals surface area (Å²) in [7, 11) is 0. The summed E-state index contributed by atoms with van der Waals surface area (Å²) in [5.74, 6) is 1.13. The molecule has 0 aromatic heterocycles. The lowest BCUT2D eigenvalue weighted by Crippen LogP contribution is -2.13. The number of aliphatic imine (C=N–C) groups is 1. The molecule has 14 heavy (non-hydrogen) atoms. The van der Waals surface area contributed by atoms with Crippen LogP contribution in [0.4, 0.5) is 0 Å². The Morgan fingerprint density at radius 2 is 2.36 bits per heavy atom. The van der Waals surface area contributed by atoms with Gasteiger partial charge in [0.05, 0.1) is 4.20 Å². The third kappa shape index (κ3) is 3.70. The van der Waals surface area contributed by atoms with Gasteiger partial charge in [-0.05, 0) is 31.6 Å². The van der Waals surface area contributed by atoms with E-state index < -0.39 is 0 Å². The van der Waals surface area contributed by atoms with Gasteiger partial charge in [-0.2, -0.15) is 0 Å². The molecule has 0 saturated heterocycles. The second kappa shape index (κ2) is 5.86. The average molecular weight is 229 g/mol. The van der Waals surface area contributed by atoms with Gasteiger partial charge < -0.3 is 0 Å². The van der Waals surface area contributed by atoms with Crippen molar-refractivity contribution in [2.75, 3.05) is 6.54 Å². The Morgan fingerprint density at radius 1 is 1.64 bits per heavy atom. The molecule has 1 fully saturated rings. The maximum Gasteiger partial charge on any atom is 0.0535 e. The van der Waals surface area contributed by atoms with Crippen LogP contribution >= 0.6 is 24.8 Å². The molecule has 1 saturated carbocycles. The first-order valence-corrected chi connectivity index (χ1v) is 6.23. The van der Waals surface area contributed by atoms with E-state index in [9.17, 15) is 0 Å². The number of thiol groups is 1. The lowest BCUT2D eigenvalue weighted by molar-refractivity contribution is 0.596. The molecular weight excluding hydrogens is 210 g/mol. The van der Waals surface area contributed by atoms with Crippen molar-refractivity contribution >= 4 is 34.8 Å². The smallest absolute Gasteiger partial charge is 0.0535 e. The Balaban J connectivity index is 2.45. The molecule has 0 heterocycles. The zero-order valence-corrected chi connectivity index (χ0v) is 10.7. The lowest BCUT2D eigenvalue weighted by Gasteiger charge is -2.08. The number of thiocarbonyl (C=S) groups is 1. The fraction of sp³-hybridized carbons (Fsp3) is 0.818. The van der Waals surface area contributed by atoms with Gasteiger partial charge in [0, 0.05) is 18.2 Å². The summed E-state index contributed by atoms with van der Waals surface area (Å²) in [6.07, 6.45) is 4.69. The molecular formula is C11H19NS2. The molecule has 0 aliphatic heterocycles. The third-order valence-corrected chi connectivity index (χ3v) is 3.24. The molecule has 80 valence electrons. The largest absolute Gasteiger partial charge is 0.293 e.